The topological polar surface area (TPSA) is 28.1 Å². The van der Waals surface area contributed by atoms with Crippen LogP contribution in [0.1, 0.15) is 76.1 Å². The highest BCUT2D eigenvalue weighted by atomic mass is 35.5. The molecule has 0 saturated heterocycles. The Hall–Kier alpha value is -2.57. The smallest absolute Gasteiger partial charge is 0.358 e. The summed E-state index contributed by atoms with van der Waals surface area (Å²) in [6, 6.07) is 11.3. The molecule has 38 heavy (non-hydrogen) atoms. The summed E-state index contributed by atoms with van der Waals surface area (Å²) in [5.74, 6) is -0.203. The zero-order valence-electron chi connectivity index (χ0n) is 22.2. The van der Waals surface area contributed by atoms with Crippen LogP contribution in [-0.4, -0.2) is 16.9 Å². The van der Waals surface area contributed by atoms with E-state index in [4.69, 9.17) is 23.2 Å². The number of hydrogen-bond acceptors (Lipinski definition) is 1. The molecular formula is C30H34Cl2F4N2. The number of nitrogens with one attached hydrogen (secondary N) is 1. The van der Waals surface area contributed by atoms with Crippen LogP contribution in [0.5, 0.6) is 0 Å². The van der Waals surface area contributed by atoms with E-state index < -0.39 is 11.7 Å². The van der Waals surface area contributed by atoms with Gasteiger partial charge >= 0.3 is 6.18 Å². The summed E-state index contributed by atoms with van der Waals surface area (Å²) in [4.78, 5) is 7.27. The second-order valence-corrected chi connectivity index (χ2v) is 9.97. The lowest BCUT2D eigenvalue weighted by atomic mass is 9.92. The monoisotopic (exact) mass is 568 g/mol. The van der Waals surface area contributed by atoms with Gasteiger partial charge in [0.2, 0.25) is 0 Å². The van der Waals surface area contributed by atoms with Crippen molar-refractivity contribution in [2.75, 3.05) is 0 Å². The molecule has 0 aliphatic carbocycles. The summed E-state index contributed by atoms with van der Waals surface area (Å²) in [6.45, 7) is 10.9. The third kappa shape index (κ3) is 8.74. The van der Waals surface area contributed by atoms with Crippen LogP contribution in [0.4, 0.5) is 17.6 Å². The fraction of sp³-hybridized carbons (Fsp3) is 0.367. The lowest BCUT2D eigenvalue weighted by Gasteiger charge is -2.14. The Bertz CT molecular complexity index is 1270. The van der Waals surface area contributed by atoms with Gasteiger partial charge < -0.3 is 4.98 Å². The van der Waals surface area contributed by atoms with Crippen LogP contribution in [0.3, 0.4) is 0 Å². The third-order valence-electron chi connectivity index (χ3n) is 6.12. The molecule has 0 amide bonds. The highest BCUT2D eigenvalue weighted by Gasteiger charge is 2.29. The van der Waals surface area contributed by atoms with Crippen LogP contribution >= 0.6 is 23.2 Å². The second-order valence-electron chi connectivity index (χ2n) is 9.13. The zero-order valence-corrected chi connectivity index (χ0v) is 23.7. The van der Waals surface area contributed by atoms with Crippen molar-refractivity contribution in [2.45, 2.75) is 71.9 Å². The van der Waals surface area contributed by atoms with Gasteiger partial charge in [0.15, 0.2) is 5.82 Å². The van der Waals surface area contributed by atoms with Crippen molar-refractivity contribution in [1.82, 2.24) is 4.98 Å². The number of allylic oxidation sites excluding steroid dienone is 2. The van der Waals surface area contributed by atoms with E-state index in [1.165, 1.54) is 0 Å². The predicted octanol–water partition coefficient (Wildman–Crippen LogP) is 11.0. The number of hydrogen-bond donors (Lipinski definition) is 1. The van der Waals surface area contributed by atoms with Crippen molar-refractivity contribution in [3.8, 4) is 0 Å². The first-order valence-electron chi connectivity index (χ1n) is 12.6. The van der Waals surface area contributed by atoms with Gasteiger partial charge in [-0.15, -0.1) is 0 Å². The first kappa shape index (κ1) is 31.6. The van der Waals surface area contributed by atoms with E-state index in [-0.39, 0.29) is 16.8 Å². The molecule has 2 aromatic carbocycles. The molecule has 1 aromatic heterocycles. The first-order valence-corrected chi connectivity index (χ1v) is 13.4. The minimum absolute atomic E-state index is 0.125. The summed E-state index contributed by atoms with van der Waals surface area (Å²) in [5, 5.41) is 1.52. The summed E-state index contributed by atoms with van der Waals surface area (Å²) in [6.07, 6.45) is 2.29. The number of alkyl halides is 3. The molecular weight excluding hydrogens is 535 g/mol. The average molecular weight is 570 g/mol. The Labute approximate surface area is 232 Å². The highest BCUT2D eigenvalue weighted by molar-refractivity contribution is 6.31. The van der Waals surface area contributed by atoms with Gasteiger partial charge in [-0.1, -0.05) is 75.5 Å². The minimum Gasteiger partial charge on any atom is -0.358 e. The van der Waals surface area contributed by atoms with Crippen molar-refractivity contribution in [1.29, 1.82) is 0 Å². The van der Waals surface area contributed by atoms with E-state index in [9.17, 15) is 17.6 Å². The normalized spacial score (nSPS) is 13.1. The van der Waals surface area contributed by atoms with Gasteiger partial charge in [-0.3, -0.25) is 4.99 Å². The summed E-state index contributed by atoms with van der Waals surface area (Å²) < 4.78 is 50.4. The zero-order chi connectivity index (χ0) is 28.5. The number of fused-ring (bicyclic) bond motifs is 1. The molecule has 0 saturated carbocycles. The highest BCUT2D eigenvalue weighted by Crippen LogP contribution is 2.36. The van der Waals surface area contributed by atoms with E-state index in [2.05, 4.69) is 30.4 Å². The quantitative estimate of drug-likeness (QED) is 0.151. The average Bonchev–Trinajstić information content (AvgIpc) is 3.24. The first-order chi connectivity index (χ1) is 17.9. The van der Waals surface area contributed by atoms with Crippen LogP contribution < -0.4 is 0 Å². The molecule has 0 radical (unpaired) electrons. The predicted molar refractivity (Wildman–Crippen MR) is 153 cm³/mol. The molecule has 0 bridgehead atoms. The van der Waals surface area contributed by atoms with Gasteiger partial charge in [0, 0.05) is 45.0 Å². The maximum absolute atomic E-state index is 14.6. The van der Waals surface area contributed by atoms with E-state index in [1.807, 2.05) is 37.3 Å². The number of aromatic nitrogens is 1. The number of aryl methyl sites for hydroxylation is 1. The number of nitrogens with zero attached hydrogens (tertiary/aromatic N) is 1. The largest absolute Gasteiger partial charge is 0.415 e. The summed E-state index contributed by atoms with van der Waals surface area (Å²) in [5.41, 5.74) is 3.98. The van der Waals surface area contributed by atoms with Crippen LogP contribution in [0.15, 0.2) is 65.8 Å². The maximum Gasteiger partial charge on any atom is 0.415 e. The van der Waals surface area contributed by atoms with Crippen molar-refractivity contribution in [3.63, 3.8) is 0 Å². The summed E-state index contributed by atoms with van der Waals surface area (Å²) in [7, 11) is 0. The van der Waals surface area contributed by atoms with Crippen molar-refractivity contribution >= 4 is 39.8 Å². The van der Waals surface area contributed by atoms with E-state index >= 15 is 0 Å². The lowest BCUT2D eigenvalue weighted by Crippen LogP contribution is -2.08. The number of aromatic amines is 1. The van der Waals surface area contributed by atoms with Gasteiger partial charge in [0.05, 0.1) is 5.02 Å². The van der Waals surface area contributed by atoms with Gasteiger partial charge in [-0.2, -0.15) is 13.2 Å². The minimum atomic E-state index is -4.36. The van der Waals surface area contributed by atoms with Gasteiger partial charge in [0.1, 0.15) is 0 Å². The molecule has 3 rings (SSSR count). The Morgan fingerprint density at radius 2 is 1.74 bits per heavy atom. The van der Waals surface area contributed by atoms with Gasteiger partial charge in [-0.05, 0) is 67.7 Å². The molecule has 1 atom stereocenters. The molecule has 206 valence electrons. The number of benzene rings is 2. The number of halogens is 6. The lowest BCUT2D eigenvalue weighted by molar-refractivity contribution is -0.0878. The number of rotatable bonds is 9. The maximum atomic E-state index is 14.6. The molecule has 8 heteroatoms. The third-order valence-corrected chi connectivity index (χ3v) is 6.66. The van der Waals surface area contributed by atoms with Gasteiger partial charge in [0.25, 0.3) is 0 Å². The van der Waals surface area contributed by atoms with Crippen LogP contribution in [0.25, 0.3) is 10.9 Å². The van der Waals surface area contributed by atoms with E-state index in [0.717, 1.165) is 72.4 Å². The van der Waals surface area contributed by atoms with Gasteiger partial charge in [-0.25, -0.2) is 4.39 Å². The molecule has 2 nitrogen and oxygen atoms in total. The second kappa shape index (κ2) is 14.5. The molecule has 0 aliphatic rings. The van der Waals surface area contributed by atoms with Crippen LogP contribution in [0, 0.1) is 5.82 Å². The fourth-order valence-electron chi connectivity index (χ4n) is 3.98. The molecule has 0 aliphatic heterocycles. The van der Waals surface area contributed by atoms with Crippen molar-refractivity contribution in [2.24, 2.45) is 4.99 Å². The Balaban J connectivity index is 0.000000312. The van der Waals surface area contributed by atoms with Crippen LogP contribution in [0.2, 0.25) is 10.0 Å². The molecule has 1 unspecified atom stereocenters. The molecule has 1 N–H and O–H groups in total. The Kier molecular flexibility index (Phi) is 12.1. The fourth-order valence-corrected chi connectivity index (χ4v) is 4.26. The Morgan fingerprint density at radius 3 is 2.32 bits per heavy atom. The molecule has 3 aromatic rings. The molecule has 0 fully saturated rings. The van der Waals surface area contributed by atoms with E-state index in [0.29, 0.717) is 10.4 Å². The SMILES string of the molecule is C=C(/C=C\N=C(C)CCC)C(F)(F)F.CCCCc1c(C(C)c2ccc(Cl)cc2)[nH]c2ccc(Cl)c(F)c12. The number of unbranched alkanes of at least 4 members (excludes halogenated alkanes) is 1. The number of H-pyrrole nitrogens is 1. The molecule has 1 heterocycles. The van der Waals surface area contributed by atoms with Crippen LogP contribution in [-0.2, 0) is 6.42 Å². The Morgan fingerprint density at radius 1 is 1.08 bits per heavy atom. The summed E-state index contributed by atoms with van der Waals surface area (Å²) >= 11 is 12.0. The van der Waals surface area contributed by atoms with Crippen molar-refractivity contribution in [3.05, 3.63) is 93.5 Å². The standard InChI is InChI=1S/C20H20Cl2FN.C10H14F3N/c1-3-4-5-15-18-17(11-10-16(22)19(18)23)24-20(15)12(2)13-6-8-14(21)9-7-13;1-4-5-9(3)14-7-6-8(2)10(11,12)13/h6-12,24H,3-5H2,1-2H3;6-7H,2,4-5H2,1,3H3/b;7-6-,14-9?. The van der Waals surface area contributed by atoms with E-state index in [1.54, 1.807) is 13.0 Å². The van der Waals surface area contributed by atoms with Crippen molar-refractivity contribution < 1.29 is 17.6 Å². The number of aliphatic imine (C=N–C) groups is 1. The molecule has 0 spiro atoms.